The van der Waals surface area contributed by atoms with Gasteiger partial charge < -0.3 is 5.73 Å². The molecule has 14 heavy (non-hydrogen) atoms. The summed E-state index contributed by atoms with van der Waals surface area (Å²) in [5.41, 5.74) is 3.89. The number of hydrogen-bond donors (Lipinski definition) is 1. The van der Waals surface area contributed by atoms with Crippen LogP contribution in [0.2, 0.25) is 0 Å². The molecule has 0 unspecified atom stereocenters. The molecule has 0 atom stereocenters. The highest BCUT2D eigenvalue weighted by Crippen LogP contribution is 2.26. The molecule has 0 aliphatic heterocycles. The Kier molecular flexibility index (Phi) is 3.03. The van der Waals surface area contributed by atoms with Crippen molar-refractivity contribution < 1.29 is 13.7 Å². The monoisotopic (exact) mass is 203 g/mol. The molecule has 0 amide bonds. The van der Waals surface area contributed by atoms with E-state index in [9.17, 15) is 18.9 Å². The number of hydrogen-bond acceptors (Lipinski definition) is 4. The van der Waals surface area contributed by atoms with Crippen molar-refractivity contribution in [2.45, 2.75) is 13.0 Å². The zero-order chi connectivity index (χ0) is 10.7. The van der Waals surface area contributed by atoms with Gasteiger partial charge in [0.05, 0.1) is 10.5 Å². The van der Waals surface area contributed by atoms with Crippen LogP contribution >= 0.6 is 0 Å². The van der Waals surface area contributed by atoms with Crippen LogP contribution in [0.5, 0.6) is 0 Å². The first-order valence-corrected chi connectivity index (χ1v) is 3.68. The fourth-order valence-corrected chi connectivity index (χ4v) is 1.07. The third-order valence-electron chi connectivity index (χ3n) is 1.67. The molecule has 0 saturated heterocycles. The molecular formula is C7H7F2N3O2. The lowest BCUT2D eigenvalue weighted by atomic mass is 10.1. The van der Waals surface area contributed by atoms with Gasteiger partial charge in [-0.25, -0.2) is 8.78 Å². The van der Waals surface area contributed by atoms with Gasteiger partial charge in [-0.15, -0.1) is 0 Å². The average Bonchev–Trinajstić information content (AvgIpc) is 2.16. The van der Waals surface area contributed by atoms with Crippen molar-refractivity contribution in [3.05, 3.63) is 33.6 Å². The maximum absolute atomic E-state index is 12.3. The van der Waals surface area contributed by atoms with E-state index in [4.69, 9.17) is 5.73 Å². The minimum Gasteiger partial charge on any atom is -0.326 e. The standard InChI is InChI=1S/C7H7F2N3O2/c8-7(9)6-4(3-10)5(12(13)14)1-2-11-6/h1-2,7H,3,10H2. The van der Waals surface area contributed by atoms with Crippen LogP contribution in [0.1, 0.15) is 17.7 Å². The lowest BCUT2D eigenvalue weighted by Gasteiger charge is -2.05. The topological polar surface area (TPSA) is 82.0 Å². The van der Waals surface area contributed by atoms with Gasteiger partial charge in [0.1, 0.15) is 5.69 Å². The molecule has 5 nitrogen and oxygen atoms in total. The maximum Gasteiger partial charge on any atom is 0.280 e. The first-order chi connectivity index (χ1) is 6.57. The normalized spacial score (nSPS) is 10.6. The Morgan fingerprint density at radius 3 is 2.71 bits per heavy atom. The fourth-order valence-electron chi connectivity index (χ4n) is 1.07. The van der Waals surface area contributed by atoms with E-state index in [0.29, 0.717) is 0 Å². The zero-order valence-electron chi connectivity index (χ0n) is 6.98. The number of alkyl halides is 2. The first kappa shape index (κ1) is 10.5. The number of rotatable bonds is 3. The Morgan fingerprint density at radius 1 is 1.64 bits per heavy atom. The van der Waals surface area contributed by atoms with Crippen molar-refractivity contribution in [1.29, 1.82) is 0 Å². The average molecular weight is 203 g/mol. The summed E-state index contributed by atoms with van der Waals surface area (Å²) in [6.45, 7) is -0.330. The number of pyridine rings is 1. The van der Waals surface area contributed by atoms with E-state index in [1.807, 2.05) is 0 Å². The summed E-state index contributed by atoms with van der Waals surface area (Å²) < 4.78 is 24.6. The SMILES string of the molecule is NCc1c([N+](=O)[O-])ccnc1C(F)F. The van der Waals surface area contributed by atoms with Gasteiger partial charge in [0.2, 0.25) is 0 Å². The summed E-state index contributed by atoms with van der Waals surface area (Å²) in [6, 6.07) is 1.05. The third-order valence-corrected chi connectivity index (χ3v) is 1.67. The number of nitrogens with two attached hydrogens (primary N) is 1. The maximum atomic E-state index is 12.3. The summed E-state index contributed by atoms with van der Waals surface area (Å²) in [4.78, 5) is 13.0. The highest BCUT2D eigenvalue weighted by molar-refractivity contribution is 5.42. The van der Waals surface area contributed by atoms with Crippen LogP contribution in [0.25, 0.3) is 0 Å². The van der Waals surface area contributed by atoms with Crippen molar-refractivity contribution in [1.82, 2.24) is 4.98 Å². The van der Waals surface area contributed by atoms with Crippen LogP contribution in [-0.2, 0) is 6.54 Å². The molecule has 0 aliphatic rings. The fraction of sp³-hybridized carbons (Fsp3) is 0.286. The van der Waals surface area contributed by atoms with Crippen LogP contribution in [-0.4, -0.2) is 9.91 Å². The Balaban J connectivity index is 3.32. The van der Waals surface area contributed by atoms with Gasteiger partial charge in [-0.3, -0.25) is 15.1 Å². The summed E-state index contributed by atoms with van der Waals surface area (Å²) in [5.74, 6) is 0. The highest BCUT2D eigenvalue weighted by Gasteiger charge is 2.22. The molecule has 0 aromatic carbocycles. The van der Waals surface area contributed by atoms with Gasteiger partial charge in [0, 0.05) is 18.8 Å². The molecule has 1 rings (SSSR count). The van der Waals surface area contributed by atoms with Gasteiger partial charge in [-0.05, 0) is 0 Å². The van der Waals surface area contributed by atoms with E-state index in [-0.39, 0.29) is 12.1 Å². The Morgan fingerprint density at radius 2 is 2.29 bits per heavy atom. The van der Waals surface area contributed by atoms with Crippen LogP contribution in [0.15, 0.2) is 12.3 Å². The predicted octanol–water partition coefficient (Wildman–Crippen LogP) is 1.39. The molecule has 76 valence electrons. The van der Waals surface area contributed by atoms with Crippen LogP contribution in [0.3, 0.4) is 0 Å². The molecule has 0 aliphatic carbocycles. The molecule has 1 aromatic heterocycles. The molecule has 0 radical (unpaired) electrons. The van der Waals surface area contributed by atoms with Gasteiger partial charge in [0.15, 0.2) is 0 Å². The summed E-state index contributed by atoms with van der Waals surface area (Å²) in [6.07, 6.45) is -1.88. The molecule has 2 N–H and O–H groups in total. The van der Waals surface area contributed by atoms with Crippen molar-refractivity contribution in [3.63, 3.8) is 0 Å². The van der Waals surface area contributed by atoms with Gasteiger partial charge in [-0.2, -0.15) is 0 Å². The van der Waals surface area contributed by atoms with Gasteiger partial charge >= 0.3 is 0 Å². The number of nitro groups is 1. The minimum absolute atomic E-state index is 0.215. The summed E-state index contributed by atoms with van der Waals surface area (Å²) in [5, 5.41) is 10.4. The van der Waals surface area contributed by atoms with Crippen molar-refractivity contribution >= 4 is 5.69 Å². The van der Waals surface area contributed by atoms with Gasteiger partial charge in [-0.1, -0.05) is 0 Å². The second-order valence-electron chi connectivity index (χ2n) is 2.46. The lowest BCUT2D eigenvalue weighted by Crippen LogP contribution is -2.08. The lowest BCUT2D eigenvalue weighted by molar-refractivity contribution is -0.385. The van der Waals surface area contributed by atoms with E-state index in [1.54, 1.807) is 0 Å². The van der Waals surface area contributed by atoms with E-state index in [2.05, 4.69) is 4.98 Å². The van der Waals surface area contributed by atoms with Crippen molar-refractivity contribution in [2.75, 3.05) is 0 Å². The first-order valence-electron chi connectivity index (χ1n) is 3.68. The quantitative estimate of drug-likeness (QED) is 0.594. The van der Waals surface area contributed by atoms with Crippen LogP contribution < -0.4 is 5.73 Å². The Labute approximate surface area is 77.7 Å². The molecule has 0 spiro atoms. The molecule has 0 saturated carbocycles. The summed E-state index contributed by atoms with van der Waals surface area (Å²) in [7, 11) is 0. The second kappa shape index (κ2) is 4.05. The van der Waals surface area contributed by atoms with Crippen molar-refractivity contribution in [2.24, 2.45) is 5.73 Å². The van der Waals surface area contributed by atoms with E-state index >= 15 is 0 Å². The minimum atomic E-state index is -2.85. The Hall–Kier alpha value is -1.63. The third kappa shape index (κ3) is 1.82. The van der Waals surface area contributed by atoms with Crippen LogP contribution in [0.4, 0.5) is 14.5 Å². The van der Waals surface area contributed by atoms with E-state index < -0.39 is 22.7 Å². The second-order valence-corrected chi connectivity index (χ2v) is 2.46. The zero-order valence-corrected chi connectivity index (χ0v) is 6.98. The van der Waals surface area contributed by atoms with E-state index in [0.717, 1.165) is 12.3 Å². The number of nitrogens with zero attached hydrogens (tertiary/aromatic N) is 2. The molecule has 0 fully saturated rings. The smallest absolute Gasteiger partial charge is 0.280 e. The number of halogens is 2. The largest absolute Gasteiger partial charge is 0.326 e. The van der Waals surface area contributed by atoms with Crippen molar-refractivity contribution in [3.8, 4) is 0 Å². The highest BCUT2D eigenvalue weighted by atomic mass is 19.3. The van der Waals surface area contributed by atoms with Crippen LogP contribution in [0, 0.1) is 10.1 Å². The van der Waals surface area contributed by atoms with Gasteiger partial charge in [0.25, 0.3) is 12.1 Å². The number of aromatic nitrogens is 1. The molecular weight excluding hydrogens is 196 g/mol. The molecule has 7 heteroatoms. The predicted molar refractivity (Wildman–Crippen MR) is 43.7 cm³/mol. The molecule has 1 heterocycles. The summed E-state index contributed by atoms with van der Waals surface area (Å²) >= 11 is 0. The molecule has 1 aromatic rings. The Bertz CT molecular complexity index is 357. The molecule has 0 bridgehead atoms. The van der Waals surface area contributed by atoms with E-state index in [1.165, 1.54) is 0 Å².